The molecule has 0 saturated heterocycles. The summed E-state index contributed by atoms with van der Waals surface area (Å²) in [5, 5.41) is 16.9. The van der Waals surface area contributed by atoms with Crippen LogP contribution < -0.4 is 0 Å². The van der Waals surface area contributed by atoms with E-state index in [1.165, 1.54) is 33.4 Å². The van der Waals surface area contributed by atoms with Gasteiger partial charge in [0.2, 0.25) is 0 Å². The highest BCUT2D eigenvalue weighted by Gasteiger charge is 2.34. The molecule has 0 aliphatic heterocycles. The van der Waals surface area contributed by atoms with Crippen LogP contribution in [0, 0.1) is 0 Å². The Balaban J connectivity index is 1.25. The molecule has 0 fully saturated rings. The van der Waals surface area contributed by atoms with Crippen LogP contribution in [-0.2, 0) is 0 Å². The number of fused-ring (bicyclic) bond motifs is 4. The van der Waals surface area contributed by atoms with Gasteiger partial charge in [0, 0.05) is 16.7 Å². The molecular weight excluding hydrogens is 460 g/mol. The normalized spacial score (nSPS) is 16.8. The Hall–Kier alpha value is -3.71. The highest BCUT2D eigenvalue weighted by molar-refractivity contribution is 7.28. The van der Waals surface area contributed by atoms with Gasteiger partial charge in [-0.05, 0) is 51.4 Å². The lowest BCUT2D eigenvalue weighted by molar-refractivity contribution is 0.102. The zero-order valence-electron chi connectivity index (χ0n) is 17.7. The minimum atomic E-state index is -0.949. The van der Waals surface area contributed by atoms with E-state index in [9.17, 15) is 9.90 Å². The SMILES string of the molecule is O=C1/C(=C\c2nc3sc(-c4ccc5ccccc5c4)nc3s2)C(O)c2cc3ccccc3cc21. The molecule has 2 heterocycles. The van der Waals surface area contributed by atoms with Crippen LogP contribution in [-0.4, -0.2) is 20.9 Å². The van der Waals surface area contributed by atoms with Gasteiger partial charge >= 0.3 is 0 Å². The Labute approximate surface area is 202 Å². The lowest BCUT2D eigenvalue weighted by Gasteiger charge is -2.05. The fourth-order valence-corrected chi connectivity index (χ4v) is 6.57. The van der Waals surface area contributed by atoms with Crippen LogP contribution >= 0.6 is 22.7 Å². The number of hydrogen-bond acceptors (Lipinski definition) is 6. The third kappa shape index (κ3) is 3.04. The Morgan fingerprint density at radius 2 is 1.44 bits per heavy atom. The molecule has 4 aromatic carbocycles. The second-order valence-electron chi connectivity index (χ2n) is 8.36. The number of Topliss-reactive ketones (excluding diaryl/α,β-unsaturated/α-hetero) is 1. The van der Waals surface area contributed by atoms with Crippen LogP contribution in [0.25, 0.3) is 47.9 Å². The summed E-state index contributed by atoms with van der Waals surface area (Å²) in [5.74, 6) is -0.142. The molecule has 0 saturated carbocycles. The van der Waals surface area contributed by atoms with E-state index in [2.05, 4.69) is 30.3 Å². The Morgan fingerprint density at radius 1 is 0.765 bits per heavy atom. The minimum Gasteiger partial charge on any atom is -0.383 e. The van der Waals surface area contributed by atoms with Crippen molar-refractivity contribution in [3.05, 3.63) is 101 Å². The molecule has 4 nitrogen and oxygen atoms in total. The number of ketones is 1. The standard InChI is InChI=1S/C28H16N2O2S2/c31-24-20-12-17-7-3-4-8-18(17)13-21(20)25(32)22(24)14-23-29-27-28(33-23)30-26(34-27)19-10-9-15-5-1-2-6-16(15)11-19/h1-14,24,31H/b22-14-. The van der Waals surface area contributed by atoms with Gasteiger partial charge in [-0.3, -0.25) is 4.79 Å². The van der Waals surface area contributed by atoms with Gasteiger partial charge in [0.05, 0.1) is 0 Å². The number of aliphatic hydroxyl groups is 1. The van der Waals surface area contributed by atoms with E-state index in [1.54, 1.807) is 6.08 Å². The van der Waals surface area contributed by atoms with E-state index in [4.69, 9.17) is 9.97 Å². The first-order valence-corrected chi connectivity index (χ1v) is 12.5. The number of aromatic nitrogens is 2. The third-order valence-electron chi connectivity index (χ3n) is 6.28. The molecule has 0 radical (unpaired) electrons. The summed E-state index contributed by atoms with van der Waals surface area (Å²) in [5.41, 5.74) is 2.65. The van der Waals surface area contributed by atoms with E-state index < -0.39 is 6.10 Å². The number of nitrogens with zero attached hydrogens (tertiary/aromatic N) is 2. The first kappa shape index (κ1) is 19.7. The van der Waals surface area contributed by atoms with Crippen LogP contribution in [0.4, 0.5) is 0 Å². The molecule has 0 spiro atoms. The van der Waals surface area contributed by atoms with Crippen molar-refractivity contribution >= 4 is 65.7 Å². The Kier molecular flexibility index (Phi) is 4.29. The maximum Gasteiger partial charge on any atom is 0.192 e. The smallest absolute Gasteiger partial charge is 0.192 e. The van der Waals surface area contributed by atoms with Crippen LogP contribution in [0.5, 0.6) is 0 Å². The van der Waals surface area contributed by atoms with E-state index in [1.807, 2.05) is 48.5 Å². The summed E-state index contributed by atoms with van der Waals surface area (Å²) in [6, 6.07) is 26.3. The Bertz CT molecular complexity index is 1780. The van der Waals surface area contributed by atoms with E-state index in [0.717, 1.165) is 31.0 Å². The van der Waals surface area contributed by atoms with Gasteiger partial charge in [0.15, 0.2) is 15.4 Å². The highest BCUT2D eigenvalue weighted by atomic mass is 32.1. The fourth-order valence-electron chi connectivity index (χ4n) is 4.57. The number of thiazole rings is 2. The molecular formula is C28H16N2O2S2. The molecule has 1 aliphatic rings. The maximum atomic E-state index is 13.1. The number of benzene rings is 4. The Morgan fingerprint density at radius 3 is 2.21 bits per heavy atom. The summed E-state index contributed by atoms with van der Waals surface area (Å²) in [6.45, 7) is 0. The van der Waals surface area contributed by atoms with Crippen molar-refractivity contribution in [2.45, 2.75) is 6.10 Å². The molecule has 1 N–H and O–H groups in total. The molecule has 0 amide bonds. The predicted molar refractivity (Wildman–Crippen MR) is 139 cm³/mol. The average molecular weight is 477 g/mol. The van der Waals surface area contributed by atoms with Crippen LogP contribution in [0.3, 0.4) is 0 Å². The van der Waals surface area contributed by atoms with E-state index in [0.29, 0.717) is 21.7 Å². The number of aliphatic hydroxyl groups excluding tert-OH is 1. The lowest BCUT2D eigenvalue weighted by atomic mass is 10.0. The van der Waals surface area contributed by atoms with Gasteiger partial charge in [-0.2, -0.15) is 0 Å². The molecule has 1 aliphatic carbocycles. The second kappa shape index (κ2) is 7.40. The average Bonchev–Trinajstić information content (AvgIpc) is 3.50. The molecule has 2 aromatic heterocycles. The van der Waals surface area contributed by atoms with Crippen LogP contribution in [0.1, 0.15) is 27.0 Å². The van der Waals surface area contributed by atoms with E-state index >= 15 is 0 Å². The van der Waals surface area contributed by atoms with Crippen molar-refractivity contribution < 1.29 is 9.90 Å². The molecule has 34 heavy (non-hydrogen) atoms. The minimum absolute atomic E-state index is 0.142. The lowest BCUT2D eigenvalue weighted by Crippen LogP contribution is -1.98. The van der Waals surface area contributed by atoms with Gasteiger partial charge in [0.25, 0.3) is 0 Å². The fraction of sp³-hybridized carbons (Fsp3) is 0.0357. The van der Waals surface area contributed by atoms with Gasteiger partial charge in [-0.15, -0.1) is 0 Å². The largest absolute Gasteiger partial charge is 0.383 e. The summed E-state index contributed by atoms with van der Waals surface area (Å²) >= 11 is 2.98. The van der Waals surface area contributed by atoms with Crippen molar-refractivity contribution in [3.63, 3.8) is 0 Å². The second-order valence-corrected chi connectivity index (χ2v) is 10.3. The monoisotopic (exact) mass is 476 g/mol. The van der Waals surface area contributed by atoms with Crippen molar-refractivity contribution in [3.8, 4) is 10.6 Å². The summed E-state index contributed by atoms with van der Waals surface area (Å²) in [4.78, 5) is 24.3. The van der Waals surface area contributed by atoms with Gasteiger partial charge in [0.1, 0.15) is 16.1 Å². The van der Waals surface area contributed by atoms with Crippen molar-refractivity contribution in [2.24, 2.45) is 0 Å². The maximum absolute atomic E-state index is 13.1. The summed E-state index contributed by atoms with van der Waals surface area (Å²) < 4.78 is 0. The molecule has 7 rings (SSSR count). The van der Waals surface area contributed by atoms with Crippen molar-refractivity contribution in [2.75, 3.05) is 0 Å². The van der Waals surface area contributed by atoms with Crippen LogP contribution in [0.15, 0.2) is 84.4 Å². The van der Waals surface area contributed by atoms with E-state index in [-0.39, 0.29) is 5.78 Å². The van der Waals surface area contributed by atoms with Crippen LogP contribution in [0.2, 0.25) is 0 Å². The quantitative estimate of drug-likeness (QED) is 0.272. The molecule has 6 aromatic rings. The molecule has 1 unspecified atom stereocenters. The number of rotatable bonds is 2. The topological polar surface area (TPSA) is 63.1 Å². The van der Waals surface area contributed by atoms with Gasteiger partial charge in [-0.25, -0.2) is 9.97 Å². The zero-order valence-corrected chi connectivity index (χ0v) is 19.4. The molecule has 162 valence electrons. The van der Waals surface area contributed by atoms with Gasteiger partial charge < -0.3 is 5.11 Å². The highest BCUT2D eigenvalue weighted by Crippen LogP contribution is 2.40. The number of carbonyl (C=O) groups is 1. The predicted octanol–water partition coefficient (Wildman–Crippen LogP) is 7.04. The van der Waals surface area contributed by atoms with Crippen molar-refractivity contribution in [1.82, 2.24) is 9.97 Å². The molecule has 0 bridgehead atoms. The first-order valence-electron chi connectivity index (χ1n) is 10.9. The summed E-state index contributed by atoms with van der Waals surface area (Å²) in [7, 11) is 0. The molecule has 6 heteroatoms. The number of carbonyl (C=O) groups excluding carboxylic acids is 1. The summed E-state index contributed by atoms with van der Waals surface area (Å²) in [6.07, 6.45) is 0.766. The molecule has 1 atom stereocenters. The third-order valence-corrected chi connectivity index (χ3v) is 8.31. The van der Waals surface area contributed by atoms with Gasteiger partial charge in [-0.1, -0.05) is 83.3 Å². The zero-order chi connectivity index (χ0) is 22.8. The first-order chi connectivity index (χ1) is 16.6. The van der Waals surface area contributed by atoms with Crippen molar-refractivity contribution in [1.29, 1.82) is 0 Å². The number of hydrogen-bond donors (Lipinski definition) is 1.